The number of aromatic amines is 1. The van der Waals surface area contributed by atoms with Crippen LogP contribution in [-0.4, -0.2) is 36.1 Å². The van der Waals surface area contributed by atoms with Crippen molar-refractivity contribution < 1.29 is 22.0 Å². The normalized spacial score (nSPS) is 21.7. The van der Waals surface area contributed by atoms with E-state index in [2.05, 4.69) is 10.2 Å². The first-order valence-electron chi connectivity index (χ1n) is 10.6. The Hall–Kier alpha value is -2.82. The summed E-state index contributed by atoms with van der Waals surface area (Å²) in [5.41, 5.74) is 2.15. The van der Waals surface area contributed by atoms with Crippen molar-refractivity contribution in [1.82, 2.24) is 14.5 Å². The SMILES string of the molecule is CO[C@H](c1n[nH]c(=O)o1)c1cc(C)c(CN2[C@@H](C)CC[C@H](c3ccccc3)S2(=O)=O)cc1F. The minimum Gasteiger partial charge on any atom is -0.389 e. The highest BCUT2D eigenvalue weighted by Crippen LogP contribution is 2.38. The number of sulfonamides is 1. The van der Waals surface area contributed by atoms with Gasteiger partial charge >= 0.3 is 5.76 Å². The number of rotatable bonds is 6. The molecule has 0 bridgehead atoms. The molecule has 2 aromatic carbocycles. The van der Waals surface area contributed by atoms with Gasteiger partial charge in [0.1, 0.15) is 11.1 Å². The number of hydrogen-bond donors (Lipinski definition) is 1. The van der Waals surface area contributed by atoms with Gasteiger partial charge in [0.2, 0.25) is 10.0 Å². The fraction of sp³-hybridized carbons (Fsp3) is 0.391. The van der Waals surface area contributed by atoms with E-state index in [1.54, 1.807) is 13.0 Å². The summed E-state index contributed by atoms with van der Waals surface area (Å²) in [4.78, 5) is 11.3. The quantitative estimate of drug-likeness (QED) is 0.584. The fourth-order valence-electron chi connectivity index (χ4n) is 4.35. The summed E-state index contributed by atoms with van der Waals surface area (Å²) in [7, 11) is -2.29. The Morgan fingerprint density at radius 1 is 1.27 bits per heavy atom. The molecule has 8 nitrogen and oxygen atoms in total. The number of aromatic nitrogens is 2. The number of H-pyrrole nitrogens is 1. The first-order valence-corrected chi connectivity index (χ1v) is 12.2. The van der Waals surface area contributed by atoms with E-state index in [4.69, 9.17) is 9.15 Å². The molecule has 0 saturated carbocycles. The first kappa shape index (κ1) is 23.3. The van der Waals surface area contributed by atoms with Gasteiger partial charge in [-0.05, 0) is 55.5 Å². The maximum Gasteiger partial charge on any atom is 0.434 e. The molecule has 1 aliphatic heterocycles. The highest BCUT2D eigenvalue weighted by atomic mass is 32.2. The zero-order valence-electron chi connectivity index (χ0n) is 18.6. The fourth-order valence-corrected chi connectivity index (χ4v) is 6.54. The summed E-state index contributed by atoms with van der Waals surface area (Å²) in [6.07, 6.45) is 0.236. The predicted molar refractivity (Wildman–Crippen MR) is 119 cm³/mol. The molecule has 0 amide bonds. The lowest BCUT2D eigenvalue weighted by atomic mass is 10.00. The van der Waals surface area contributed by atoms with Crippen LogP contribution in [0, 0.1) is 12.7 Å². The molecule has 176 valence electrons. The van der Waals surface area contributed by atoms with E-state index in [-0.39, 0.29) is 24.0 Å². The van der Waals surface area contributed by atoms with Gasteiger partial charge in [-0.1, -0.05) is 30.3 Å². The number of benzene rings is 2. The van der Waals surface area contributed by atoms with E-state index in [1.807, 2.05) is 37.3 Å². The van der Waals surface area contributed by atoms with Crippen LogP contribution in [0.25, 0.3) is 0 Å². The average Bonchev–Trinajstić information content (AvgIpc) is 3.21. The molecule has 0 aliphatic carbocycles. The molecule has 2 heterocycles. The molecule has 1 aliphatic rings. The van der Waals surface area contributed by atoms with Gasteiger partial charge < -0.3 is 9.15 Å². The lowest BCUT2D eigenvalue weighted by molar-refractivity contribution is 0.107. The van der Waals surface area contributed by atoms with Crippen LogP contribution in [-0.2, 0) is 21.3 Å². The van der Waals surface area contributed by atoms with Crippen LogP contribution in [0.1, 0.15) is 59.3 Å². The first-order chi connectivity index (χ1) is 15.7. The number of nitrogens with zero attached hydrogens (tertiary/aromatic N) is 2. The van der Waals surface area contributed by atoms with E-state index in [0.29, 0.717) is 24.0 Å². The van der Waals surface area contributed by atoms with Crippen molar-refractivity contribution in [3.63, 3.8) is 0 Å². The van der Waals surface area contributed by atoms with E-state index < -0.39 is 33.0 Å². The third kappa shape index (κ3) is 4.50. The minimum absolute atomic E-state index is 0.0605. The molecular weight excluding hydrogens is 449 g/mol. The Kier molecular flexibility index (Phi) is 6.51. The maximum atomic E-state index is 15.1. The molecule has 0 spiro atoms. The second kappa shape index (κ2) is 9.20. The minimum atomic E-state index is -3.64. The predicted octanol–water partition coefficient (Wildman–Crippen LogP) is 3.60. The van der Waals surface area contributed by atoms with E-state index >= 15 is 4.39 Å². The molecule has 1 fully saturated rings. The highest BCUT2D eigenvalue weighted by Gasteiger charge is 2.40. The molecule has 4 rings (SSSR count). The molecule has 0 radical (unpaired) electrons. The number of nitrogens with one attached hydrogen (secondary N) is 1. The number of halogens is 1. The van der Waals surface area contributed by atoms with E-state index in [9.17, 15) is 13.2 Å². The van der Waals surface area contributed by atoms with Crippen LogP contribution < -0.4 is 5.76 Å². The van der Waals surface area contributed by atoms with Crippen LogP contribution in [0.4, 0.5) is 4.39 Å². The zero-order valence-corrected chi connectivity index (χ0v) is 19.4. The van der Waals surface area contributed by atoms with Crippen LogP contribution in [0.3, 0.4) is 0 Å². The third-order valence-electron chi connectivity index (χ3n) is 6.17. The number of hydrogen-bond acceptors (Lipinski definition) is 6. The van der Waals surface area contributed by atoms with E-state index in [0.717, 1.165) is 5.56 Å². The van der Waals surface area contributed by atoms with Gasteiger partial charge in [0, 0.05) is 25.3 Å². The molecule has 3 aromatic rings. The molecule has 0 unspecified atom stereocenters. The van der Waals surface area contributed by atoms with Gasteiger partial charge in [-0.25, -0.2) is 22.7 Å². The van der Waals surface area contributed by atoms with Gasteiger partial charge in [-0.3, -0.25) is 0 Å². The topological polar surface area (TPSA) is 106 Å². The summed E-state index contributed by atoms with van der Waals surface area (Å²) in [5, 5.41) is 5.24. The van der Waals surface area contributed by atoms with Gasteiger partial charge in [0.05, 0.1) is 0 Å². The van der Waals surface area contributed by atoms with Gasteiger partial charge in [0.15, 0.2) is 6.10 Å². The molecule has 1 N–H and O–H groups in total. The van der Waals surface area contributed by atoms with Crippen molar-refractivity contribution in [1.29, 1.82) is 0 Å². The molecule has 10 heteroatoms. The summed E-state index contributed by atoms with van der Waals surface area (Å²) in [6, 6.07) is 11.9. The summed E-state index contributed by atoms with van der Waals surface area (Å²) in [6.45, 7) is 3.71. The van der Waals surface area contributed by atoms with Gasteiger partial charge in [0.25, 0.3) is 5.89 Å². The van der Waals surface area contributed by atoms with Crippen LogP contribution >= 0.6 is 0 Å². The van der Waals surface area contributed by atoms with Gasteiger partial charge in [-0.2, -0.15) is 4.31 Å². The van der Waals surface area contributed by atoms with Crippen molar-refractivity contribution in [3.05, 3.63) is 87.0 Å². The second-order valence-electron chi connectivity index (χ2n) is 8.28. The standard InChI is InChI=1S/C23H26FN3O5S/c1-14-11-18(21(31-3)22-25-26-23(28)32-22)19(24)12-17(14)13-27-15(2)9-10-20(33(27,29)30)16-7-5-4-6-8-16/h4-8,11-12,15,20-21H,9-10,13H2,1-3H3,(H,26,28)/t15-,20+,21-/m0/s1. The lowest BCUT2D eigenvalue weighted by Crippen LogP contribution is -2.44. The van der Waals surface area contributed by atoms with Crippen LogP contribution in [0.2, 0.25) is 0 Å². The molecular formula is C23H26FN3O5S. The molecule has 3 atom stereocenters. The Morgan fingerprint density at radius 2 is 2.00 bits per heavy atom. The maximum absolute atomic E-state index is 15.1. The second-order valence-corrected chi connectivity index (χ2v) is 10.4. The number of ether oxygens (including phenoxy) is 1. The smallest absolute Gasteiger partial charge is 0.389 e. The van der Waals surface area contributed by atoms with Crippen molar-refractivity contribution in [2.45, 2.75) is 50.6 Å². The van der Waals surface area contributed by atoms with Crippen molar-refractivity contribution in [3.8, 4) is 0 Å². The van der Waals surface area contributed by atoms with Crippen LogP contribution in [0.5, 0.6) is 0 Å². The molecule has 1 aromatic heterocycles. The van der Waals surface area contributed by atoms with Crippen molar-refractivity contribution in [2.24, 2.45) is 0 Å². The van der Waals surface area contributed by atoms with Crippen molar-refractivity contribution >= 4 is 10.0 Å². The largest absolute Gasteiger partial charge is 0.434 e. The highest BCUT2D eigenvalue weighted by molar-refractivity contribution is 7.89. The summed E-state index contributed by atoms with van der Waals surface area (Å²) >= 11 is 0. The van der Waals surface area contributed by atoms with Crippen molar-refractivity contribution in [2.75, 3.05) is 7.11 Å². The lowest BCUT2D eigenvalue weighted by Gasteiger charge is -2.37. The molecule has 1 saturated heterocycles. The Bertz CT molecular complexity index is 1290. The number of methoxy groups -OCH3 is 1. The summed E-state index contributed by atoms with van der Waals surface area (Å²) < 4.78 is 53.8. The van der Waals surface area contributed by atoms with Crippen LogP contribution in [0.15, 0.2) is 51.7 Å². The number of aryl methyl sites for hydroxylation is 1. The Morgan fingerprint density at radius 3 is 2.64 bits per heavy atom. The Balaban J connectivity index is 1.65. The Labute approximate surface area is 191 Å². The summed E-state index contributed by atoms with van der Waals surface area (Å²) in [5.74, 6) is -1.46. The van der Waals surface area contributed by atoms with Gasteiger partial charge in [-0.15, -0.1) is 5.10 Å². The molecule has 33 heavy (non-hydrogen) atoms. The van der Waals surface area contributed by atoms with E-state index in [1.165, 1.54) is 17.5 Å². The average molecular weight is 476 g/mol. The zero-order chi connectivity index (χ0) is 23.8. The monoisotopic (exact) mass is 475 g/mol. The third-order valence-corrected chi connectivity index (χ3v) is 8.54.